The number of rotatable bonds is 9. The van der Waals surface area contributed by atoms with Crippen LogP contribution in [0.1, 0.15) is 51.5 Å². The third kappa shape index (κ3) is 4.74. The quantitative estimate of drug-likeness (QED) is 0.647. The van der Waals surface area contributed by atoms with E-state index >= 15 is 0 Å². The van der Waals surface area contributed by atoms with Gasteiger partial charge in [-0.05, 0) is 44.7 Å². The molecule has 0 aliphatic heterocycles. The molecule has 6 heteroatoms. The third-order valence-electron chi connectivity index (χ3n) is 3.96. The first-order chi connectivity index (χ1) is 10.5. The molecule has 0 bridgehead atoms. The zero-order valence-electron chi connectivity index (χ0n) is 13.3. The minimum atomic E-state index is -2.87. The zero-order valence-corrected chi connectivity index (χ0v) is 14.9. The molecule has 0 N–H and O–H groups in total. The van der Waals surface area contributed by atoms with Crippen LogP contribution in [-0.2, 0) is 16.3 Å². The summed E-state index contributed by atoms with van der Waals surface area (Å²) in [5.41, 5.74) is 3.30. The first-order valence-corrected chi connectivity index (χ1v) is 10.4. The van der Waals surface area contributed by atoms with Crippen LogP contribution in [0.3, 0.4) is 0 Å². The largest absolute Gasteiger partial charge is 0.229 e. The lowest BCUT2D eigenvalue weighted by Gasteiger charge is -2.07. The minimum absolute atomic E-state index is 0.250. The Bertz CT molecular complexity index is 693. The molecule has 2 rings (SSSR count). The molecule has 2 aromatic rings. The first kappa shape index (κ1) is 17.3. The smallest absolute Gasteiger partial charge is 0.152 e. The molecule has 0 atom stereocenters. The molecule has 0 radical (unpaired) electrons. The highest BCUT2D eigenvalue weighted by molar-refractivity contribution is 7.91. The van der Waals surface area contributed by atoms with E-state index in [2.05, 4.69) is 14.8 Å². The average Bonchev–Trinajstić information content (AvgIpc) is 2.95. The Hall–Kier alpha value is -1.01. The van der Waals surface area contributed by atoms with E-state index in [0.717, 1.165) is 49.6 Å². The summed E-state index contributed by atoms with van der Waals surface area (Å²) in [4.78, 5) is 0. The van der Waals surface area contributed by atoms with Crippen molar-refractivity contribution in [2.24, 2.45) is 0 Å². The molecule has 1 aromatic carbocycles. The number of aryl methyl sites for hydroxylation is 1. The van der Waals surface area contributed by atoms with Crippen molar-refractivity contribution in [3.8, 4) is 0 Å². The number of fused-ring (bicyclic) bond motifs is 1. The van der Waals surface area contributed by atoms with Gasteiger partial charge in [-0.15, -0.1) is 0 Å². The number of benzene rings is 1. The van der Waals surface area contributed by atoms with Gasteiger partial charge in [0.2, 0.25) is 0 Å². The Kier molecular flexibility index (Phi) is 6.32. The van der Waals surface area contributed by atoms with Gasteiger partial charge in [-0.2, -0.15) is 8.75 Å². The van der Waals surface area contributed by atoms with Gasteiger partial charge in [0.25, 0.3) is 0 Å². The molecule has 0 saturated carbocycles. The average molecular weight is 341 g/mol. The third-order valence-corrected chi connectivity index (χ3v) is 6.80. The maximum absolute atomic E-state index is 11.7. The molecule has 0 saturated heterocycles. The molecule has 0 fully saturated rings. The van der Waals surface area contributed by atoms with Gasteiger partial charge in [0, 0.05) is 0 Å². The van der Waals surface area contributed by atoms with Crippen LogP contribution in [0.4, 0.5) is 0 Å². The normalized spacial score (nSPS) is 12.3. The molecule has 1 aromatic heterocycles. The van der Waals surface area contributed by atoms with Crippen molar-refractivity contribution in [3.63, 3.8) is 0 Å². The highest BCUT2D eigenvalue weighted by Crippen LogP contribution is 2.19. The summed E-state index contributed by atoms with van der Waals surface area (Å²) in [6.45, 7) is 3.51. The molecule has 0 amide bonds. The van der Waals surface area contributed by atoms with Crippen LogP contribution in [0.15, 0.2) is 18.2 Å². The molecule has 0 spiro atoms. The Morgan fingerprint density at radius 3 is 2.55 bits per heavy atom. The second-order valence-corrected chi connectivity index (χ2v) is 9.19. The summed E-state index contributed by atoms with van der Waals surface area (Å²) >= 11 is 1.26. The Labute approximate surface area is 137 Å². The fourth-order valence-electron chi connectivity index (χ4n) is 2.45. The van der Waals surface area contributed by atoms with Crippen LogP contribution in [-0.4, -0.2) is 28.2 Å². The molecule has 22 heavy (non-hydrogen) atoms. The van der Waals surface area contributed by atoms with Crippen molar-refractivity contribution < 1.29 is 8.42 Å². The SMILES string of the molecule is CC(C)S(=O)(=O)CCCCCCCc1cccc2nsnc12. The van der Waals surface area contributed by atoms with Gasteiger partial charge in [0.05, 0.1) is 22.7 Å². The van der Waals surface area contributed by atoms with Crippen LogP contribution in [0.25, 0.3) is 11.0 Å². The van der Waals surface area contributed by atoms with E-state index in [0.29, 0.717) is 5.75 Å². The number of sulfone groups is 1. The number of hydrogen-bond donors (Lipinski definition) is 0. The van der Waals surface area contributed by atoms with Gasteiger partial charge in [-0.25, -0.2) is 8.42 Å². The summed E-state index contributed by atoms with van der Waals surface area (Å²) in [6.07, 6.45) is 6.15. The van der Waals surface area contributed by atoms with Crippen LogP contribution in [0.5, 0.6) is 0 Å². The summed E-state index contributed by atoms with van der Waals surface area (Å²) in [6, 6.07) is 6.16. The van der Waals surface area contributed by atoms with E-state index in [4.69, 9.17) is 0 Å². The molecule has 0 aliphatic carbocycles. The molecule has 0 aliphatic rings. The topological polar surface area (TPSA) is 59.9 Å². The van der Waals surface area contributed by atoms with Crippen molar-refractivity contribution in [2.75, 3.05) is 5.75 Å². The summed E-state index contributed by atoms with van der Waals surface area (Å²) in [7, 11) is -2.87. The highest BCUT2D eigenvalue weighted by atomic mass is 32.2. The minimum Gasteiger partial charge on any atom is -0.229 e. The maximum Gasteiger partial charge on any atom is 0.152 e. The summed E-state index contributed by atoms with van der Waals surface area (Å²) < 4.78 is 32.0. The van der Waals surface area contributed by atoms with E-state index in [-0.39, 0.29) is 5.25 Å². The van der Waals surface area contributed by atoms with E-state index in [1.54, 1.807) is 13.8 Å². The Balaban J connectivity index is 1.65. The second-order valence-electron chi connectivity index (χ2n) is 5.98. The van der Waals surface area contributed by atoms with Crippen LogP contribution in [0.2, 0.25) is 0 Å². The lowest BCUT2D eigenvalue weighted by Crippen LogP contribution is -2.17. The summed E-state index contributed by atoms with van der Waals surface area (Å²) in [5.74, 6) is 0.328. The van der Waals surface area contributed by atoms with E-state index in [1.165, 1.54) is 17.3 Å². The van der Waals surface area contributed by atoms with Gasteiger partial charge in [-0.1, -0.05) is 31.4 Å². The number of hydrogen-bond acceptors (Lipinski definition) is 5. The maximum atomic E-state index is 11.7. The van der Waals surface area contributed by atoms with Crippen molar-refractivity contribution in [1.82, 2.24) is 8.75 Å². The predicted molar refractivity (Wildman–Crippen MR) is 93.1 cm³/mol. The van der Waals surface area contributed by atoms with Gasteiger partial charge < -0.3 is 0 Å². The lowest BCUT2D eigenvalue weighted by molar-refractivity contribution is 0.577. The van der Waals surface area contributed by atoms with Crippen molar-refractivity contribution >= 4 is 32.6 Å². The molecule has 0 unspecified atom stereocenters. The standard InChI is InChI=1S/C16H24N2O2S2/c1-13(2)22(19,20)12-7-5-3-4-6-9-14-10-8-11-15-16(14)18-21-17-15/h8,10-11,13H,3-7,9,12H2,1-2H3. The van der Waals surface area contributed by atoms with Crippen molar-refractivity contribution in [2.45, 2.75) is 57.6 Å². The molecule has 1 heterocycles. The van der Waals surface area contributed by atoms with Crippen LogP contribution >= 0.6 is 11.7 Å². The number of unbranched alkanes of at least 4 members (excludes halogenated alkanes) is 4. The number of aromatic nitrogens is 2. The van der Waals surface area contributed by atoms with E-state index in [1.807, 2.05) is 12.1 Å². The van der Waals surface area contributed by atoms with E-state index in [9.17, 15) is 8.42 Å². The van der Waals surface area contributed by atoms with Gasteiger partial charge in [0.15, 0.2) is 9.84 Å². The van der Waals surface area contributed by atoms with Crippen LogP contribution < -0.4 is 0 Å². The molecular formula is C16H24N2O2S2. The van der Waals surface area contributed by atoms with Crippen molar-refractivity contribution in [1.29, 1.82) is 0 Å². The lowest BCUT2D eigenvalue weighted by atomic mass is 10.0. The first-order valence-electron chi connectivity index (χ1n) is 7.92. The fraction of sp³-hybridized carbons (Fsp3) is 0.625. The van der Waals surface area contributed by atoms with Crippen molar-refractivity contribution in [3.05, 3.63) is 23.8 Å². The Morgan fingerprint density at radius 2 is 1.77 bits per heavy atom. The predicted octanol–water partition coefficient (Wildman–Crippen LogP) is 4.01. The number of nitrogens with zero attached hydrogens (tertiary/aromatic N) is 2. The summed E-state index contributed by atoms with van der Waals surface area (Å²) in [5, 5.41) is -0.250. The highest BCUT2D eigenvalue weighted by Gasteiger charge is 2.14. The Morgan fingerprint density at radius 1 is 1.05 bits per heavy atom. The zero-order chi connectivity index (χ0) is 16.0. The van der Waals surface area contributed by atoms with E-state index < -0.39 is 9.84 Å². The molecule has 4 nitrogen and oxygen atoms in total. The molecule has 122 valence electrons. The van der Waals surface area contributed by atoms with Crippen LogP contribution in [0, 0.1) is 0 Å². The second kappa shape index (κ2) is 8.02. The van der Waals surface area contributed by atoms with Gasteiger partial charge in [-0.3, -0.25) is 0 Å². The molecular weight excluding hydrogens is 316 g/mol. The van der Waals surface area contributed by atoms with Gasteiger partial charge >= 0.3 is 0 Å². The monoisotopic (exact) mass is 340 g/mol. The fourth-order valence-corrected chi connectivity index (χ4v) is 4.09. The van der Waals surface area contributed by atoms with Gasteiger partial charge in [0.1, 0.15) is 11.0 Å².